The Labute approximate surface area is 155 Å². The van der Waals surface area contributed by atoms with Crippen molar-refractivity contribution in [3.05, 3.63) is 71.8 Å². The molecule has 0 unspecified atom stereocenters. The van der Waals surface area contributed by atoms with Gasteiger partial charge in [0.1, 0.15) is 0 Å². The normalized spacial score (nSPS) is 17.2. The quantitative estimate of drug-likeness (QED) is 0.494. The lowest BCUT2D eigenvalue weighted by molar-refractivity contribution is -0.658. The van der Waals surface area contributed by atoms with Gasteiger partial charge in [-0.2, -0.15) is 0 Å². The van der Waals surface area contributed by atoms with Gasteiger partial charge in [-0.3, -0.25) is 10.1 Å². The van der Waals surface area contributed by atoms with Gasteiger partial charge < -0.3 is 35.4 Å². The van der Waals surface area contributed by atoms with Crippen molar-refractivity contribution in [1.82, 2.24) is 10.6 Å². The second-order valence-corrected chi connectivity index (χ2v) is 5.62. The Balaban J connectivity index is 0.00000144. The molecule has 0 bridgehead atoms. The molecule has 3 rings (SSSR count). The Morgan fingerprint density at radius 3 is 2.29 bits per heavy atom. The third-order valence-corrected chi connectivity index (χ3v) is 3.99. The number of nitrogens with one attached hydrogen (secondary N) is 2. The zero-order valence-electron chi connectivity index (χ0n) is 13.3. The Morgan fingerprint density at radius 2 is 1.71 bits per heavy atom. The maximum absolute atomic E-state index is 12.4. The molecule has 0 spiro atoms. The molecular weight excluding hydrogens is 345 g/mol. The first-order chi connectivity index (χ1) is 10.8. The molecular formula is C18H22Cl2N3O-. The fourth-order valence-corrected chi connectivity index (χ4v) is 2.82. The summed E-state index contributed by atoms with van der Waals surface area (Å²) in [6, 6.07) is 20.4. The second kappa shape index (κ2) is 10.3. The molecule has 130 valence electrons. The minimum atomic E-state index is -0.165. The highest BCUT2D eigenvalue weighted by Crippen LogP contribution is 2.18. The summed E-state index contributed by atoms with van der Waals surface area (Å²) >= 11 is 0. The third-order valence-electron chi connectivity index (χ3n) is 3.99. The van der Waals surface area contributed by atoms with Crippen LogP contribution in [-0.4, -0.2) is 25.2 Å². The van der Waals surface area contributed by atoms with Crippen LogP contribution in [0.5, 0.6) is 0 Å². The van der Waals surface area contributed by atoms with Crippen LogP contribution in [0, 0.1) is 0 Å². The molecule has 0 aromatic heterocycles. The van der Waals surface area contributed by atoms with Crippen molar-refractivity contribution in [1.29, 1.82) is 0 Å². The number of carbonyl (C=O) groups is 1. The molecule has 1 amide bonds. The minimum Gasteiger partial charge on any atom is -1.00 e. The molecule has 1 aliphatic heterocycles. The van der Waals surface area contributed by atoms with Gasteiger partial charge in [0.2, 0.25) is 6.17 Å². The highest BCUT2D eigenvalue weighted by atomic mass is 35.5. The zero-order valence-corrected chi connectivity index (χ0v) is 14.8. The molecule has 0 saturated carbocycles. The van der Waals surface area contributed by atoms with Crippen LogP contribution in [-0.2, 0) is 11.2 Å². The summed E-state index contributed by atoms with van der Waals surface area (Å²) in [6.45, 7) is 1.83. The standard InChI is InChI=1S/C18H21N3O.2ClH/c22-18(17-19-11-12-20-17)21-16(15-9-5-2-6-10-15)13-14-7-3-1-4-8-14;;/h1-10,16-17,19-20H,11-13H2,(H,21,22);2*1H/p-1/t16-;;/m0../s1. The summed E-state index contributed by atoms with van der Waals surface area (Å²) in [4.78, 5) is 12.4. The van der Waals surface area contributed by atoms with Crippen molar-refractivity contribution in [2.45, 2.75) is 18.6 Å². The summed E-state index contributed by atoms with van der Waals surface area (Å²) in [5.41, 5.74) is 2.36. The fraction of sp³-hybridized carbons (Fsp3) is 0.278. The van der Waals surface area contributed by atoms with Gasteiger partial charge in [0.15, 0.2) is 0 Å². The van der Waals surface area contributed by atoms with Crippen molar-refractivity contribution in [3.8, 4) is 0 Å². The van der Waals surface area contributed by atoms with E-state index in [9.17, 15) is 4.79 Å². The lowest BCUT2D eigenvalue weighted by atomic mass is 9.99. The summed E-state index contributed by atoms with van der Waals surface area (Å²) < 4.78 is 0. The van der Waals surface area contributed by atoms with Gasteiger partial charge in [-0.15, -0.1) is 0 Å². The van der Waals surface area contributed by atoms with Gasteiger partial charge in [0.05, 0.1) is 19.1 Å². The SMILES string of the molecule is O=C(N[C@@H](Cc1ccccc1)c1ccccc1)[C@@H]1NCC[NH2+]1.[Cl-].[Cl-]. The number of hydrogen-bond acceptors (Lipinski definition) is 2. The third kappa shape index (κ3) is 5.49. The number of nitrogens with two attached hydrogens (primary N) is 1. The van der Waals surface area contributed by atoms with E-state index in [4.69, 9.17) is 0 Å². The largest absolute Gasteiger partial charge is 1.00 e. The van der Waals surface area contributed by atoms with Crippen LogP contribution in [0.25, 0.3) is 0 Å². The van der Waals surface area contributed by atoms with E-state index in [1.54, 1.807) is 0 Å². The van der Waals surface area contributed by atoms with Gasteiger partial charge >= 0.3 is 0 Å². The minimum absolute atomic E-state index is 0. The molecule has 2 aromatic rings. The molecule has 1 saturated heterocycles. The Hall–Kier alpha value is -1.59. The summed E-state index contributed by atoms with van der Waals surface area (Å²) in [6.07, 6.45) is 0.630. The summed E-state index contributed by atoms with van der Waals surface area (Å²) in [5.74, 6) is 0.0577. The first kappa shape index (κ1) is 20.5. The van der Waals surface area contributed by atoms with E-state index < -0.39 is 0 Å². The van der Waals surface area contributed by atoms with Crippen molar-refractivity contribution >= 4 is 5.91 Å². The van der Waals surface area contributed by atoms with Crippen LogP contribution < -0.4 is 40.8 Å². The van der Waals surface area contributed by atoms with Gasteiger partial charge in [-0.25, -0.2) is 0 Å². The topological polar surface area (TPSA) is 57.7 Å². The van der Waals surface area contributed by atoms with Crippen LogP contribution in [0.2, 0.25) is 0 Å². The van der Waals surface area contributed by atoms with Gasteiger partial charge in [0.25, 0.3) is 5.91 Å². The molecule has 0 radical (unpaired) electrons. The van der Waals surface area contributed by atoms with Crippen molar-refractivity contribution < 1.29 is 34.9 Å². The maximum atomic E-state index is 12.4. The smallest absolute Gasteiger partial charge is 0.294 e. The molecule has 1 aliphatic rings. The molecule has 4 N–H and O–H groups in total. The highest BCUT2D eigenvalue weighted by Gasteiger charge is 2.27. The zero-order chi connectivity index (χ0) is 15.2. The summed E-state index contributed by atoms with van der Waals surface area (Å²) in [5, 5.41) is 8.44. The van der Waals surface area contributed by atoms with E-state index >= 15 is 0 Å². The first-order valence-electron chi connectivity index (χ1n) is 7.79. The number of carbonyl (C=O) groups excluding carboxylic acids is 1. The molecule has 2 aromatic carbocycles. The number of halogens is 2. The van der Waals surface area contributed by atoms with Gasteiger partial charge in [-0.1, -0.05) is 60.7 Å². The fourth-order valence-electron chi connectivity index (χ4n) is 2.82. The Bertz CT molecular complexity index is 604. The number of quaternary nitrogens is 1. The average Bonchev–Trinajstić information content (AvgIpc) is 3.11. The lowest BCUT2D eigenvalue weighted by Gasteiger charge is -2.20. The van der Waals surface area contributed by atoms with E-state index in [0.717, 1.165) is 25.1 Å². The van der Waals surface area contributed by atoms with Gasteiger partial charge in [0, 0.05) is 0 Å². The number of benzene rings is 2. The van der Waals surface area contributed by atoms with Crippen molar-refractivity contribution in [2.24, 2.45) is 0 Å². The van der Waals surface area contributed by atoms with Crippen LogP contribution in [0.4, 0.5) is 0 Å². The van der Waals surface area contributed by atoms with Gasteiger partial charge in [-0.05, 0) is 17.5 Å². The van der Waals surface area contributed by atoms with E-state index in [2.05, 4.69) is 34.9 Å². The molecule has 0 aliphatic carbocycles. The number of rotatable bonds is 5. The van der Waals surface area contributed by atoms with Crippen LogP contribution in [0.3, 0.4) is 0 Å². The van der Waals surface area contributed by atoms with Crippen LogP contribution in [0.1, 0.15) is 17.2 Å². The lowest BCUT2D eigenvalue weighted by Crippen LogP contribution is -3.00. The molecule has 2 atom stereocenters. The van der Waals surface area contributed by atoms with Crippen molar-refractivity contribution in [2.75, 3.05) is 13.1 Å². The van der Waals surface area contributed by atoms with Crippen LogP contribution in [0.15, 0.2) is 60.7 Å². The second-order valence-electron chi connectivity index (χ2n) is 5.62. The molecule has 6 heteroatoms. The molecule has 1 heterocycles. The molecule has 24 heavy (non-hydrogen) atoms. The molecule has 4 nitrogen and oxygen atoms in total. The predicted molar refractivity (Wildman–Crippen MR) is 86.1 cm³/mol. The molecule has 1 fully saturated rings. The number of amides is 1. The van der Waals surface area contributed by atoms with E-state index in [1.165, 1.54) is 5.56 Å². The Kier molecular flexibility index (Phi) is 8.79. The average molecular weight is 367 g/mol. The predicted octanol–water partition coefficient (Wildman–Crippen LogP) is -5.41. The first-order valence-corrected chi connectivity index (χ1v) is 7.79. The highest BCUT2D eigenvalue weighted by molar-refractivity contribution is 5.80. The van der Waals surface area contributed by atoms with Crippen molar-refractivity contribution in [3.63, 3.8) is 0 Å². The Morgan fingerprint density at radius 1 is 1.08 bits per heavy atom. The maximum Gasteiger partial charge on any atom is 0.294 e. The van der Waals surface area contributed by atoms with Crippen LogP contribution >= 0.6 is 0 Å². The summed E-state index contributed by atoms with van der Waals surface area (Å²) in [7, 11) is 0. The van der Waals surface area contributed by atoms with E-state index in [-0.39, 0.29) is 42.9 Å². The van der Waals surface area contributed by atoms with E-state index in [0.29, 0.717) is 0 Å². The number of hydrogen-bond donors (Lipinski definition) is 3. The van der Waals surface area contributed by atoms with E-state index in [1.807, 2.05) is 41.7 Å². The monoisotopic (exact) mass is 366 g/mol.